The molecule has 1 heterocycles. The van der Waals surface area contributed by atoms with E-state index in [1.807, 2.05) is 20.8 Å². The van der Waals surface area contributed by atoms with Crippen molar-refractivity contribution in [2.24, 2.45) is 5.92 Å². The summed E-state index contributed by atoms with van der Waals surface area (Å²) in [6.07, 6.45) is 1.00. The molecule has 0 unspecified atom stereocenters. The first-order chi connectivity index (χ1) is 8.38. The van der Waals surface area contributed by atoms with E-state index in [-0.39, 0.29) is 12.3 Å². The molecule has 0 radical (unpaired) electrons. The third-order valence-corrected chi connectivity index (χ3v) is 3.43. The molecule has 2 N–H and O–H groups in total. The van der Waals surface area contributed by atoms with Gasteiger partial charge in [-0.3, -0.25) is 9.59 Å². The summed E-state index contributed by atoms with van der Waals surface area (Å²) < 4.78 is 0. The minimum absolute atomic E-state index is 0.0523. The fourth-order valence-corrected chi connectivity index (χ4v) is 2.45. The predicted molar refractivity (Wildman–Crippen MR) is 70.9 cm³/mol. The Morgan fingerprint density at radius 3 is 2.67 bits per heavy atom. The van der Waals surface area contributed by atoms with Gasteiger partial charge < -0.3 is 10.4 Å². The number of nitrogens with zero attached hydrogens (tertiary/aromatic N) is 1. The fraction of sp³-hybridized carbons (Fsp3) is 0.583. The summed E-state index contributed by atoms with van der Waals surface area (Å²) in [5.74, 6) is -0.575. The number of aromatic nitrogens is 1. The zero-order chi connectivity index (χ0) is 13.7. The molecule has 0 fully saturated rings. The highest BCUT2D eigenvalue weighted by Crippen LogP contribution is 2.24. The lowest BCUT2D eigenvalue weighted by Gasteiger charge is -2.03. The molecule has 1 amide bonds. The maximum Gasteiger partial charge on any atom is 0.303 e. The van der Waals surface area contributed by atoms with Crippen molar-refractivity contribution in [1.82, 2.24) is 4.98 Å². The number of anilines is 1. The van der Waals surface area contributed by atoms with Crippen LogP contribution < -0.4 is 5.32 Å². The SMILES string of the molecule is Cc1nc(NC(=O)CC(C)C)sc1CCC(=O)O. The fourth-order valence-electron chi connectivity index (χ4n) is 1.47. The lowest BCUT2D eigenvalue weighted by atomic mass is 10.1. The number of rotatable bonds is 6. The first-order valence-corrected chi connectivity index (χ1v) is 6.68. The van der Waals surface area contributed by atoms with Crippen molar-refractivity contribution in [3.05, 3.63) is 10.6 Å². The van der Waals surface area contributed by atoms with Crippen LogP contribution in [-0.4, -0.2) is 22.0 Å². The highest BCUT2D eigenvalue weighted by Gasteiger charge is 2.12. The number of amides is 1. The first-order valence-electron chi connectivity index (χ1n) is 5.86. The van der Waals surface area contributed by atoms with E-state index in [1.165, 1.54) is 11.3 Å². The van der Waals surface area contributed by atoms with Crippen LogP contribution in [0.3, 0.4) is 0 Å². The average molecular weight is 270 g/mol. The van der Waals surface area contributed by atoms with Gasteiger partial charge in [-0.25, -0.2) is 4.98 Å². The molecule has 100 valence electrons. The van der Waals surface area contributed by atoms with E-state index in [9.17, 15) is 9.59 Å². The molecule has 6 heteroatoms. The molecule has 5 nitrogen and oxygen atoms in total. The van der Waals surface area contributed by atoms with Gasteiger partial charge in [-0.2, -0.15) is 0 Å². The number of aryl methyl sites for hydroxylation is 2. The van der Waals surface area contributed by atoms with Gasteiger partial charge in [-0.15, -0.1) is 11.3 Å². The Morgan fingerprint density at radius 2 is 2.11 bits per heavy atom. The molecule has 0 saturated carbocycles. The molecular weight excluding hydrogens is 252 g/mol. The lowest BCUT2D eigenvalue weighted by molar-refractivity contribution is -0.137. The Kier molecular flexibility index (Phi) is 5.27. The number of thiazole rings is 1. The minimum atomic E-state index is -0.826. The van der Waals surface area contributed by atoms with E-state index in [2.05, 4.69) is 10.3 Å². The molecule has 1 aromatic heterocycles. The monoisotopic (exact) mass is 270 g/mol. The molecule has 18 heavy (non-hydrogen) atoms. The maximum absolute atomic E-state index is 11.6. The maximum atomic E-state index is 11.6. The van der Waals surface area contributed by atoms with Gasteiger partial charge in [0.25, 0.3) is 0 Å². The van der Waals surface area contributed by atoms with Crippen molar-refractivity contribution in [2.75, 3.05) is 5.32 Å². The van der Waals surface area contributed by atoms with Crippen molar-refractivity contribution in [2.45, 2.75) is 40.0 Å². The Hall–Kier alpha value is -1.43. The molecule has 0 atom stereocenters. The summed E-state index contributed by atoms with van der Waals surface area (Å²) in [6.45, 7) is 5.78. The molecule has 0 aliphatic rings. The van der Waals surface area contributed by atoms with E-state index in [4.69, 9.17) is 5.11 Å². The second-order valence-electron chi connectivity index (χ2n) is 4.57. The summed E-state index contributed by atoms with van der Waals surface area (Å²) in [5, 5.41) is 11.9. The van der Waals surface area contributed by atoms with Crippen LogP contribution in [0.1, 0.15) is 37.3 Å². The number of hydrogen-bond acceptors (Lipinski definition) is 4. The number of carboxylic acids is 1. The summed E-state index contributed by atoms with van der Waals surface area (Å²) in [5.41, 5.74) is 0.793. The summed E-state index contributed by atoms with van der Waals surface area (Å²) >= 11 is 1.35. The molecule has 0 aromatic carbocycles. The van der Waals surface area contributed by atoms with Gasteiger partial charge >= 0.3 is 5.97 Å². The van der Waals surface area contributed by atoms with Crippen LogP contribution in [0.25, 0.3) is 0 Å². The zero-order valence-corrected chi connectivity index (χ0v) is 11.6. The van der Waals surface area contributed by atoms with Crippen molar-refractivity contribution in [1.29, 1.82) is 0 Å². The second kappa shape index (κ2) is 6.49. The standard InChI is InChI=1S/C12H18N2O3S/c1-7(2)6-10(15)14-12-13-8(3)9(18-12)4-5-11(16)17/h7H,4-6H2,1-3H3,(H,16,17)(H,13,14,15). The van der Waals surface area contributed by atoms with Crippen molar-refractivity contribution >= 4 is 28.3 Å². The molecule has 0 spiro atoms. The van der Waals surface area contributed by atoms with Crippen LogP contribution in [0.2, 0.25) is 0 Å². The van der Waals surface area contributed by atoms with Crippen LogP contribution in [0.15, 0.2) is 0 Å². The van der Waals surface area contributed by atoms with E-state index in [0.29, 0.717) is 23.9 Å². The van der Waals surface area contributed by atoms with Crippen LogP contribution >= 0.6 is 11.3 Å². The van der Waals surface area contributed by atoms with Gasteiger partial charge in [0.1, 0.15) is 0 Å². The topological polar surface area (TPSA) is 79.3 Å². The van der Waals surface area contributed by atoms with Crippen molar-refractivity contribution in [3.63, 3.8) is 0 Å². The zero-order valence-electron chi connectivity index (χ0n) is 10.8. The van der Waals surface area contributed by atoms with Crippen LogP contribution in [0.4, 0.5) is 5.13 Å². The minimum Gasteiger partial charge on any atom is -0.481 e. The number of aliphatic carboxylic acids is 1. The Balaban J connectivity index is 2.60. The Morgan fingerprint density at radius 1 is 1.44 bits per heavy atom. The summed E-state index contributed by atoms with van der Waals surface area (Å²) in [4.78, 5) is 27.2. The molecular formula is C12H18N2O3S. The summed E-state index contributed by atoms with van der Waals surface area (Å²) in [7, 11) is 0. The molecule has 0 aliphatic heterocycles. The lowest BCUT2D eigenvalue weighted by Crippen LogP contribution is -2.13. The highest BCUT2D eigenvalue weighted by atomic mass is 32.1. The van der Waals surface area contributed by atoms with Crippen LogP contribution in [-0.2, 0) is 16.0 Å². The van der Waals surface area contributed by atoms with Gasteiger partial charge in [-0.05, 0) is 19.3 Å². The number of carbonyl (C=O) groups excluding carboxylic acids is 1. The van der Waals surface area contributed by atoms with Gasteiger partial charge in [0, 0.05) is 11.3 Å². The van der Waals surface area contributed by atoms with Gasteiger partial charge in [0.05, 0.1) is 12.1 Å². The quantitative estimate of drug-likeness (QED) is 0.832. The Labute approximate surface area is 110 Å². The van der Waals surface area contributed by atoms with E-state index < -0.39 is 5.97 Å². The number of carboxylic acid groups (broad SMARTS) is 1. The number of carbonyl (C=O) groups is 2. The van der Waals surface area contributed by atoms with Crippen LogP contribution in [0.5, 0.6) is 0 Å². The molecule has 0 aliphatic carbocycles. The van der Waals surface area contributed by atoms with Crippen molar-refractivity contribution in [3.8, 4) is 0 Å². The molecule has 1 aromatic rings. The first kappa shape index (κ1) is 14.6. The largest absolute Gasteiger partial charge is 0.481 e. The normalized spacial score (nSPS) is 10.7. The van der Waals surface area contributed by atoms with Gasteiger partial charge in [0.2, 0.25) is 5.91 Å². The smallest absolute Gasteiger partial charge is 0.303 e. The van der Waals surface area contributed by atoms with Gasteiger partial charge in [0.15, 0.2) is 5.13 Å². The average Bonchev–Trinajstić information content (AvgIpc) is 2.54. The van der Waals surface area contributed by atoms with Crippen LogP contribution in [0, 0.1) is 12.8 Å². The molecule has 0 bridgehead atoms. The third kappa shape index (κ3) is 4.83. The summed E-state index contributed by atoms with van der Waals surface area (Å²) in [6, 6.07) is 0. The third-order valence-electron chi connectivity index (χ3n) is 2.30. The molecule has 1 rings (SSSR count). The van der Waals surface area contributed by atoms with E-state index in [1.54, 1.807) is 0 Å². The van der Waals surface area contributed by atoms with Crippen molar-refractivity contribution < 1.29 is 14.7 Å². The number of nitrogens with one attached hydrogen (secondary N) is 1. The number of hydrogen-bond donors (Lipinski definition) is 2. The van der Waals surface area contributed by atoms with Gasteiger partial charge in [-0.1, -0.05) is 13.8 Å². The highest BCUT2D eigenvalue weighted by molar-refractivity contribution is 7.15. The Bertz CT molecular complexity index is 441. The van der Waals surface area contributed by atoms with E-state index >= 15 is 0 Å². The van der Waals surface area contributed by atoms with E-state index in [0.717, 1.165) is 10.6 Å². The molecule has 0 saturated heterocycles. The second-order valence-corrected chi connectivity index (χ2v) is 5.65. The predicted octanol–water partition coefficient (Wildman–Crippen LogP) is 2.45.